The van der Waals surface area contributed by atoms with Gasteiger partial charge in [0.05, 0.1) is 11.8 Å². The quantitative estimate of drug-likeness (QED) is 0.726. The second-order valence-corrected chi connectivity index (χ2v) is 3.36. The second-order valence-electron chi connectivity index (χ2n) is 2.35. The van der Waals surface area contributed by atoms with Crippen LogP contribution in [-0.2, 0) is 0 Å². The molecule has 0 saturated heterocycles. The average molecular weight is 181 g/mol. The molecule has 4 heteroatoms. The molecule has 62 valence electrons. The lowest BCUT2D eigenvalue weighted by Crippen LogP contribution is -1.91. The third-order valence-electron chi connectivity index (χ3n) is 1.64. The number of hydrogen-bond donors (Lipinski definition) is 1. The van der Waals surface area contributed by atoms with E-state index in [1.165, 1.54) is 11.3 Å². The zero-order valence-electron chi connectivity index (χ0n) is 6.46. The van der Waals surface area contributed by atoms with Gasteiger partial charge in [-0.15, -0.1) is 0 Å². The summed E-state index contributed by atoms with van der Waals surface area (Å²) in [5.41, 5.74) is 0.787. The molecule has 0 bridgehead atoms. The molecule has 0 unspecified atom stereocenters. The van der Waals surface area contributed by atoms with Crippen molar-refractivity contribution in [2.45, 2.75) is 0 Å². The van der Waals surface area contributed by atoms with E-state index in [1.807, 2.05) is 18.2 Å². The molecule has 0 aliphatic carbocycles. The highest BCUT2D eigenvalue weighted by Gasteiger charge is 2.03. The van der Waals surface area contributed by atoms with E-state index in [-0.39, 0.29) is 4.87 Å². The molecule has 3 nitrogen and oxygen atoms in total. The van der Waals surface area contributed by atoms with E-state index in [4.69, 9.17) is 4.74 Å². The normalized spacial score (nSPS) is 10.4. The summed E-state index contributed by atoms with van der Waals surface area (Å²) in [6, 6.07) is 5.58. The van der Waals surface area contributed by atoms with E-state index in [1.54, 1.807) is 7.11 Å². The molecule has 0 saturated carbocycles. The molecule has 2 aromatic rings. The van der Waals surface area contributed by atoms with Gasteiger partial charge >= 0.3 is 4.87 Å². The van der Waals surface area contributed by atoms with Crippen LogP contribution in [0.15, 0.2) is 23.0 Å². The molecule has 1 aromatic carbocycles. The zero-order chi connectivity index (χ0) is 8.55. The van der Waals surface area contributed by atoms with Crippen LogP contribution < -0.4 is 9.61 Å². The summed E-state index contributed by atoms with van der Waals surface area (Å²) in [6.07, 6.45) is 0. The molecule has 2 rings (SSSR count). The molecular weight excluding hydrogens is 174 g/mol. The van der Waals surface area contributed by atoms with Crippen molar-refractivity contribution < 1.29 is 4.74 Å². The number of para-hydroxylation sites is 1. The van der Waals surface area contributed by atoms with Gasteiger partial charge in [0.1, 0.15) is 11.3 Å². The highest BCUT2D eigenvalue weighted by Crippen LogP contribution is 2.23. The molecular formula is C8H7NO2S. The fourth-order valence-corrected chi connectivity index (χ4v) is 1.87. The lowest BCUT2D eigenvalue weighted by molar-refractivity contribution is 0.419. The minimum absolute atomic E-state index is 0.0468. The van der Waals surface area contributed by atoms with Crippen LogP contribution >= 0.6 is 11.3 Å². The maximum Gasteiger partial charge on any atom is 0.305 e. The summed E-state index contributed by atoms with van der Waals surface area (Å²) < 4.78 is 6.01. The number of ether oxygens (including phenoxy) is 1. The topological polar surface area (TPSA) is 42.1 Å². The first-order valence-corrected chi connectivity index (χ1v) is 4.29. The van der Waals surface area contributed by atoms with E-state index in [2.05, 4.69) is 4.98 Å². The van der Waals surface area contributed by atoms with E-state index >= 15 is 0 Å². The predicted octanol–water partition coefficient (Wildman–Crippen LogP) is 1.60. The Labute approximate surface area is 72.6 Å². The van der Waals surface area contributed by atoms with Crippen molar-refractivity contribution in [3.63, 3.8) is 0 Å². The SMILES string of the molecule is COc1cccc2sc(=O)[nH]c12. The van der Waals surface area contributed by atoms with Gasteiger partial charge in [-0.1, -0.05) is 17.4 Å². The molecule has 0 aliphatic heterocycles. The lowest BCUT2D eigenvalue weighted by atomic mass is 10.3. The average Bonchev–Trinajstić information content (AvgIpc) is 2.44. The first-order chi connectivity index (χ1) is 5.81. The summed E-state index contributed by atoms with van der Waals surface area (Å²) in [5.74, 6) is 0.714. The fourth-order valence-electron chi connectivity index (χ4n) is 1.12. The van der Waals surface area contributed by atoms with Crippen LogP contribution in [0.2, 0.25) is 0 Å². The Morgan fingerprint density at radius 2 is 2.33 bits per heavy atom. The maximum absolute atomic E-state index is 11.0. The van der Waals surface area contributed by atoms with Crippen LogP contribution in [0.3, 0.4) is 0 Å². The van der Waals surface area contributed by atoms with Gasteiger partial charge in [-0.25, -0.2) is 0 Å². The van der Waals surface area contributed by atoms with Crippen molar-refractivity contribution in [1.29, 1.82) is 0 Å². The predicted molar refractivity (Wildman–Crippen MR) is 49.0 cm³/mol. The first kappa shape index (κ1) is 7.36. The van der Waals surface area contributed by atoms with Gasteiger partial charge in [0.15, 0.2) is 0 Å². The highest BCUT2D eigenvalue weighted by atomic mass is 32.1. The fraction of sp³-hybridized carbons (Fsp3) is 0.125. The van der Waals surface area contributed by atoms with Crippen LogP contribution in [0.1, 0.15) is 0 Å². The van der Waals surface area contributed by atoms with E-state index in [0.717, 1.165) is 10.2 Å². The number of fused-ring (bicyclic) bond motifs is 1. The Morgan fingerprint density at radius 1 is 1.50 bits per heavy atom. The van der Waals surface area contributed by atoms with Gasteiger partial charge in [0, 0.05) is 0 Å². The van der Waals surface area contributed by atoms with Gasteiger partial charge in [-0.2, -0.15) is 0 Å². The maximum atomic E-state index is 11.0. The van der Waals surface area contributed by atoms with Crippen LogP contribution in [0.4, 0.5) is 0 Å². The van der Waals surface area contributed by atoms with Crippen molar-refractivity contribution in [1.82, 2.24) is 4.98 Å². The largest absolute Gasteiger partial charge is 0.495 e. The van der Waals surface area contributed by atoms with Gasteiger partial charge in [-0.3, -0.25) is 4.79 Å². The molecule has 0 fully saturated rings. The number of benzene rings is 1. The third-order valence-corrected chi connectivity index (χ3v) is 2.49. The molecule has 1 N–H and O–H groups in total. The molecule has 0 aliphatic rings. The van der Waals surface area contributed by atoms with Crippen LogP contribution in [-0.4, -0.2) is 12.1 Å². The number of aromatic nitrogens is 1. The minimum Gasteiger partial charge on any atom is -0.495 e. The summed E-state index contributed by atoms with van der Waals surface area (Å²) in [4.78, 5) is 13.6. The molecule has 12 heavy (non-hydrogen) atoms. The Balaban J connectivity index is 2.87. The number of nitrogens with one attached hydrogen (secondary N) is 1. The number of H-pyrrole nitrogens is 1. The molecule has 0 spiro atoms. The van der Waals surface area contributed by atoms with Crippen molar-refractivity contribution in [2.75, 3.05) is 7.11 Å². The lowest BCUT2D eigenvalue weighted by Gasteiger charge is -1.98. The van der Waals surface area contributed by atoms with Crippen molar-refractivity contribution in [2.24, 2.45) is 0 Å². The summed E-state index contributed by atoms with van der Waals surface area (Å²) in [7, 11) is 1.59. The molecule has 0 radical (unpaired) electrons. The number of rotatable bonds is 1. The number of thiazole rings is 1. The van der Waals surface area contributed by atoms with Crippen LogP contribution in [0.5, 0.6) is 5.75 Å². The van der Waals surface area contributed by atoms with E-state index in [9.17, 15) is 4.79 Å². The Hall–Kier alpha value is -1.29. The summed E-state index contributed by atoms with van der Waals surface area (Å²) in [5, 5.41) is 0. The number of hydrogen-bond acceptors (Lipinski definition) is 3. The van der Waals surface area contributed by atoms with Crippen LogP contribution in [0, 0.1) is 0 Å². The van der Waals surface area contributed by atoms with Crippen molar-refractivity contribution in [3.05, 3.63) is 27.9 Å². The highest BCUT2D eigenvalue weighted by molar-refractivity contribution is 7.16. The molecule has 1 aromatic heterocycles. The zero-order valence-corrected chi connectivity index (χ0v) is 7.27. The van der Waals surface area contributed by atoms with E-state index < -0.39 is 0 Å². The number of methoxy groups -OCH3 is 1. The Morgan fingerprint density at radius 3 is 3.08 bits per heavy atom. The van der Waals surface area contributed by atoms with Gasteiger partial charge in [0.25, 0.3) is 0 Å². The van der Waals surface area contributed by atoms with Crippen molar-refractivity contribution >= 4 is 21.6 Å². The minimum atomic E-state index is -0.0468. The summed E-state index contributed by atoms with van der Waals surface area (Å²) in [6.45, 7) is 0. The van der Waals surface area contributed by atoms with Gasteiger partial charge < -0.3 is 9.72 Å². The van der Waals surface area contributed by atoms with E-state index in [0.29, 0.717) is 5.75 Å². The molecule has 0 atom stereocenters. The third kappa shape index (κ3) is 1.00. The standard InChI is InChI=1S/C8H7NO2S/c1-11-5-3-2-4-6-7(5)9-8(10)12-6/h2-4H,1H3,(H,9,10). The smallest absolute Gasteiger partial charge is 0.305 e. The monoisotopic (exact) mass is 181 g/mol. The van der Waals surface area contributed by atoms with Gasteiger partial charge in [0.2, 0.25) is 0 Å². The molecule has 1 heterocycles. The van der Waals surface area contributed by atoms with Crippen LogP contribution in [0.25, 0.3) is 10.2 Å². The van der Waals surface area contributed by atoms with Crippen molar-refractivity contribution in [3.8, 4) is 5.75 Å². The Kier molecular flexibility index (Phi) is 1.62. The van der Waals surface area contributed by atoms with Gasteiger partial charge in [-0.05, 0) is 12.1 Å². The second kappa shape index (κ2) is 2.64. The summed E-state index contributed by atoms with van der Waals surface area (Å²) >= 11 is 1.19. The molecule has 0 amide bonds. The Bertz CT molecular complexity index is 457. The number of aromatic amines is 1. The first-order valence-electron chi connectivity index (χ1n) is 3.47.